The molecule has 1 aromatic rings. The lowest BCUT2D eigenvalue weighted by Crippen LogP contribution is -2.80. The molecule has 2 heterocycles. The second-order valence-electron chi connectivity index (χ2n) is 7.31. The van der Waals surface area contributed by atoms with E-state index in [1.807, 2.05) is 51.1 Å². The number of fused-ring (bicyclic) bond motifs is 1. The van der Waals surface area contributed by atoms with Crippen LogP contribution in [0.2, 0.25) is 0 Å². The minimum Gasteiger partial charge on any atom is -0.393 e. The SMILES string of the molecule is CC(O)C1C(=O)N2C1C(C)(Sc1ccccc1)CC(=O)C2(C)C. The lowest BCUT2D eigenvalue weighted by Gasteiger charge is -2.64. The molecular weight excluding hydrogens is 310 g/mol. The zero-order valence-corrected chi connectivity index (χ0v) is 14.8. The Morgan fingerprint density at radius 2 is 1.83 bits per heavy atom. The van der Waals surface area contributed by atoms with Gasteiger partial charge < -0.3 is 10.0 Å². The standard InChI is InChI=1S/C18H23NO3S/c1-11(20)14-15-18(4,23-12-8-6-5-7-9-12)10-13(21)17(2,3)19(15)16(14)22/h5-9,11,14-15,20H,10H2,1-4H3. The van der Waals surface area contributed by atoms with Crippen LogP contribution in [0.15, 0.2) is 35.2 Å². The average Bonchev–Trinajstić information content (AvgIpc) is 2.43. The Hall–Kier alpha value is -1.33. The third-order valence-corrected chi connectivity index (χ3v) is 6.54. The summed E-state index contributed by atoms with van der Waals surface area (Å²) in [4.78, 5) is 28.0. The van der Waals surface area contributed by atoms with Crippen LogP contribution in [0.1, 0.15) is 34.1 Å². The summed E-state index contributed by atoms with van der Waals surface area (Å²) in [7, 11) is 0. The molecule has 1 amide bonds. The zero-order valence-electron chi connectivity index (χ0n) is 13.9. The van der Waals surface area contributed by atoms with Crippen molar-refractivity contribution in [2.45, 2.75) is 61.4 Å². The third kappa shape index (κ3) is 2.41. The van der Waals surface area contributed by atoms with E-state index in [1.54, 1.807) is 23.6 Å². The van der Waals surface area contributed by atoms with Crippen molar-refractivity contribution >= 4 is 23.5 Å². The van der Waals surface area contributed by atoms with Crippen LogP contribution in [0.3, 0.4) is 0 Å². The van der Waals surface area contributed by atoms with Gasteiger partial charge in [0.15, 0.2) is 5.78 Å². The number of nitrogens with zero attached hydrogens (tertiary/aromatic N) is 1. The number of Topliss-reactive ketones (excluding diaryl/α,β-unsaturated/α-hetero) is 1. The summed E-state index contributed by atoms with van der Waals surface area (Å²) in [6.45, 7) is 7.32. The van der Waals surface area contributed by atoms with Crippen LogP contribution in [0.4, 0.5) is 0 Å². The molecule has 0 aliphatic carbocycles. The smallest absolute Gasteiger partial charge is 0.231 e. The van der Waals surface area contributed by atoms with E-state index in [1.165, 1.54) is 0 Å². The molecule has 2 fully saturated rings. The average molecular weight is 333 g/mol. The molecule has 3 rings (SSSR count). The van der Waals surface area contributed by atoms with E-state index in [0.29, 0.717) is 6.42 Å². The van der Waals surface area contributed by atoms with Crippen LogP contribution in [0.25, 0.3) is 0 Å². The van der Waals surface area contributed by atoms with Gasteiger partial charge in [0.1, 0.15) is 0 Å². The van der Waals surface area contributed by atoms with E-state index in [0.717, 1.165) is 4.90 Å². The summed E-state index contributed by atoms with van der Waals surface area (Å²) in [6, 6.07) is 9.80. The van der Waals surface area contributed by atoms with Gasteiger partial charge in [0.2, 0.25) is 5.91 Å². The molecular formula is C18H23NO3S. The maximum Gasteiger partial charge on any atom is 0.231 e. The molecule has 5 heteroatoms. The lowest BCUT2D eigenvalue weighted by atomic mass is 9.66. The van der Waals surface area contributed by atoms with E-state index in [2.05, 4.69) is 0 Å². The fourth-order valence-electron chi connectivity index (χ4n) is 3.89. The van der Waals surface area contributed by atoms with Gasteiger partial charge >= 0.3 is 0 Å². The Morgan fingerprint density at radius 3 is 2.39 bits per heavy atom. The molecule has 0 spiro atoms. The maximum absolute atomic E-state index is 12.7. The molecule has 2 aliphatic rings. The fraction of sp³-hybridized carbons (Fsp3) is 0.556. The van der Waals surface area contributed by atoms with Crippen molar-refractivity contribution in [3.63, 3.8) is 0 Å². The largest absolute Gasteiger partial charge is 0.393 e. The molecule has 0 radical (unpaired) electrons. The molecule has 124 valence electrons. The van der Waals surface area contributed by atoms with Crippen LogP contribution < -0.4 is 0 Å². The molecule has 0 saturated carbocycles. The highest BCUT2D eigenvalue weighted by atomic mass is 32.2. The van der Waals surface area contributed by atoms with Gasteiger partial charge in [-0.15, -0.1) is 11.8 Å². The summed E-state index contributed by atoms with van der Waals surface area (Å²) >= 11 is 1.63. The van der Waals surface area contributed by atoms with Crippen molar-refractivity contribution in [2.24, 2.45) is 5.92 Å². The van der Waals surface area contributed by atoms with E-state index in [-0.39, 0.29) is 17.7 Å². The van der Waals surface area contributed by atoms with Crippen molar-refractivity contribution in [1.82, 2.24) is 4.90 Å². The highest BCUT2D eigenvalue weighted by Crippen LogP contribution is 2.54. The van der Waals surface area contributed by atoms with Gasteiger partial charge in [-0.1, -0.05) is 18.2 Å². The number of hydrogen-bond donors (Lipinski definition) is 1. The number of carbonyl (C=O) groups excluding carboxylic acids is 2. The number of β-lactam (4-membered cyclic amide) rings is 1. The molecule has 2 saturated heterocycles. The number of piperidine rings is 1. The predicted molar refractivity (Wildman–Crippen MR) is 90.2 cm³/mol. The summed E-state index contributed by atoms with van der Waals surface area (Å²) in [6.07, 6.45) is -0.305. The number of amides is 1. The summed E-state index contributed by atoms with van der Waals surface area (Å²) in [5.74, 6) is -0.455. The van der Waals surface area contributed by atoms with Gasteiger partial charge in [-0.3, -0.25) is 9.59 Å². The van der Waals surface area contributed by atoms with Crippen molar-refractivity contribution in [2.75, 3.05) is 0 Å². The van der Waals surface area contributed by atoms with Gasteiger partial charge in [0.25, 0.3) is 0 Å². The lowest BCUT2D eigenvalue weighted by molar-refractivity contribution is -0.188. The molecule has 2 aliphatic heterocycles. The minimum absolute atomic E-state index is 0.0806. The maximum atomic E-state index is 12.7. The number of aliphatic hydroxyl groups excluding tert-OH is 1. The van der Waals surface area contributed by atoms with Crippen molar-refractivity contribution in [3.8, 4) is 0 Å². The van der Waals surface area contributed by atoms with Gasteiger partial charge in [-0.25, -0.2) is 0 Å². The van der Waals surface area contributed by atoms with Crippen LogP contribution >= 0.6 is 11.8 Å². The number of ketones is 1. The molecule has 4 unspecified atom stereocenters. The summed E-state index contributed by atoms with van der Waals surface area (Å²) in [5, 5.41) is 10.1. The molecule has 0 bridgehead atoms. The van der Waals surface area contributed by atoms with Crippen molar-refractivity contribution in [3.05, 3.63) is 30.3 Å². The first kappa shape index (κ1) is 16.5. The number of rotatable bonds is 3. The monoisotopic (exact) mass is 333 g/mol. The number of hydrogen-bond acceptors (Lipinski definition) is 4. The first-order valence-corrected chi connectivity index (χ1v) is 8.79. The minimum atomic E-state index is -0.788. The van der Waals surface area contributed by atoms with E-state index in [9.17, 15) is 14.7 Å². The van der Waals surface area contributed by atoms with Crippen molar-refractivity contribution < 1.29 is 14.7 Å². The molecule has 23 heavy (non-hydrogen) atoms. The van der Waals surface area contributed by atoms with Crippen LogP contribution in [0.5, 0.6) is 0 Å². The highest BCUT2D eigenvalue weighted by molar-refractivity contribution is 8.00. The Kier molecular flexibility index (Phi) is 3.84. The number of aliphatic hydroxyl groups is 1. The Balaban J connectivity index is 1.99. The van der Waals surface area contributed by atoms with E-state index < -0.39 is 22.3 Å². The molecule has 1 aromatic carbocycles. The van der Waals surface area contributed by atoms with E-state index in [4.69, 9.17) is 0 Å². The Labute approximate surface area is 141 Å². The number of thioether (sulfide) groups is 1. The first-order chi connectivity index (χ1) is 10.7. The Bertz CT molecular complexity index is 643. The second kappa shape index (κ2) is 5.35. The summed E-state index contributed by atoms with van der Waals surface area (Å²) < 4.78 is -0.427. The fourth-order valence-corrected chi connectivity index (χ4v) is 5.29. The molecule has 0 aromatic heterocycles. The number of benzene rings is 1. The van der Waals surface area contributed by atoms with Gasteiger partial charge in [0.05, 0.1) is 23.6 Å². The molecule has 1 N–H and O–H groups in total. The topological polar surface area (TPSA) is 57.6 Å². The van der Waals surface area contributed by atoms with Crippen molar-refractivity contribution in [1.29, 1.82) is 0 Å². The Morgan fingerprint density at radius 1 is 1.22 bits per heavy atom. The third-order valence-electron chi connectivity index (χ3n) is 5.18. The van der Waals surface area contributed by atoms with Crippen LogP contribution in [-0.2, 0) is 9.59 Å². The van der Waals surface area contributed by atoms with Gasteiger partial charge in [-0.05, 0) is 39.8 Å². The van der Waals surface area contributed by atoms with E-state index >= 15 is 0 Å². The van der Waals surface area contributed by atoms with Crippen LogP contribution in [0, 0.1) is 5.92 Å². The predicted octanol–water partition coefficient (Wildman–Crippen LogP) is 2.50. The van der Waals surface area contributed by atoms with Crippen LogP contribution in [-0.4, -0.2) is 44.1 Å². The summed E-state index contributed by atoms with van der Waals surface area (Å²) in [5.41, 5.74) is -0.788. The first-order valence-electron chi connectivity index (χ1n) is 7.97. The highest BCUT2D eigenvalue weighted by Gasteiger charge is 2.66. The quantitative estimate of drug-likeness (QED) is 0.864. The molecule has 4 nitrogen and oxygen atoms in total. The van der Waals surface area contributed by atoms with Gasteiger partial charge in [0, 0.05) is 16.1 Å². The molecule has 4 atom stereocenters. The van der Waals surface area contributed by atoms with Gasteiger partial charge in [-0.2, -0.15) is 0 Å². The number of carbonyl (C=O) groups is 2. The zero-order chi connectivity index (χ0) is 17.0. The normalized spacial score (nSPS) is 33.9. The second-order valence-corrected chi connectivity index (χ2v) is 8.91.